The van der Waals surface area contributed by atoms with E-state index >= 15 is 0 Å². The molecule has 1 N–H and O–H groups in total. The SMILES string of the molecule is CC(C)N(CC(F)(F)F)C(=O)[C@H]1CCCCN1. The first-order chi connectivity index (χ1) is 7.81. The van der Waals surface area contributed by atoms with Crippen molar-refractivity contribution in [2.24, 2.45) is 0 Å². The summed E-state index contributed by atoms with van der Waals surface area (Å²) in [5.41, 5.74) is 0. The molecule has 0 aliphatic carbocycles. The van der Waals surface area contributed by atoms with Crippen LogP contribution in [0.5, 0.6) is 0 Å². The van der Waals surface area contributed by atoms with Crippen molar-refractivity contribution in [2.75, 3.05) is 13.1 Å². The normalized spacial score (nSPS) is 21.6. The molecule has 0 aromatic rings. The summed E-state index contributed by atoms with van der Waals surface area (Å²) < 4.78 is 37.1. The van der Waals surface area contributed by atoms with Crippen molar-refractivity contribution < 1.29 is 18.0 Å². The van der Waals surface area contributed by atoms with Gasteiger partial charge >= 0.3 is 6.18 Å². The van der Waals surface area contributed by atoms with Crippen LogP contribution >= 0.6 is 0 Å². The number of piperidine rings is 1. The molecule has 1 heterocycles. The molecule has 1 amide bonds. The summed E-state index contributed by atoms with van der Waals surface area (Å²) in [6.45, 7) is 2.75. The van der Waals surface area contributed by atoms with Crippen LogP contribution in [0.15, 0.2) is 0 Å². The van der Waals surface area contributed by atoms with Crippen LogP contribution < -0.4 is 5.32 Å². The van der Waals surface area contributed by atoms with Crippen molar-refractivity contribution in [1.82, 2.24) is 10.2 Å². The van der Waals surface area contributed by atoms with Crippen molar-refractivity contribution in [3.8, 4) is 0 Å². The van der Waals surface area contributed by atoms with Gasteiger partial charge in [-0.15, -0.1) is 0 Å². The van der Waals surface area contributed by atoms with Gasteiger partial charge in [-0.2, -0.15) is 13.2 Å². The molecule has 0 saturated carbocycles. The Morgan fingerprint density at radius 1 is 1.41 bits per heavy atom. The standard InChI is InChI=1S/C11H19F3N2O/c1-8(2)16(7-11(12,13)14)10(17)9-5-3-4-6-15-9/h8-9,15H,3-7H2,1-2H3/t9-/m1/s1. The maximum atomic E-state index is 12.4. The van der Waals surface area contributed by atoms with Crippen molar-refractivity contribution in [3.63, 3.8) is 0 Å². The van der Waals surface area contributed by atoms with Gasteiger partial charge in [0.1, 0.15) is 6.54 Å². The second-order valence-corrected chi connectivity index (χ2v) is 4.68. The van der Waals surface area contributed by atoms with E-state index in [9.17, 15) is 18.0 Å². The number of carbonyl (C=O) groups excluding carboxylic acids is 1. The number of carbonyl (C=O) groups is 1. The summed E-state index contributed by atoms with van der Waals surface area (Å²) in [6, 6.07) is -0.888. The number of rotatable bonds is 3. The Morgan fingerprint density at radius 2 is 2.06 bits per heavy atom. The van der Waals surface area contributed by atoms with E-state index in [2.05, 4.69) is 5.32 Å². The number of halogens is 3. The largest absolute Gasteiger partial charge is 0.406 e. The zero-order chi connectivity index (χ0) is 13.1. The molecule has 1 rings (SSSR count). The van der Waals surface area contributed by atoms with Crippen molar-refractivity contribution >= 4 is 5.91 Å². The minimum absolute atomic E-state index is 0.433. The van der Waals surface area contributed by atoms with E-state index in [0.29, 0.717) is 13.0 Å². The molecule has 0 bridgehead atoms. The van der Waals surface area contributed by atoms with Gasteiger partial charge in [0.05, 0.1) is 6.04 Å². The number of nitrogens with zero attached hydrogens (tertiary/aromatic N) is 1. The second-order valence-electron chi connectivity index (χ2n) is 4.68. The van der Waals surface area contributed by atoms with E-state index < -0.39 is 30.7 Å². The van der Waals surface area contributed by atoms with Gasteiger partial charge in [-0.05, 0) is 33.2 Å². The third-order valence-corrected chi connectivity index (χ3v) is 2.86. The molecule has 1 saturated heterocycles. The Bertz CT molecular complexity index is 260. The fourth-order valence-electron chi connectivity index (χ4n) is 1.97. The minimum atomic E-state index is -4.34. The molecular weight excluding hydrogens is 233 g/mol. The van der Waals surface area contributed by atoms with Crippen LogP contribution in [0.2, 0.25) is 0 Å². The van der Waals surface area contributed by atoms with E-state index in [4.69, 9.17) is 0 Å². The van der Waals surface area contributed by atoms with Crippen molar-refractivity contribution in [3.05, 3.63) is 0 Å². The molecule has 1 aliphatic rings. The molecule has 0 unspecified atom stereocenters. The van der Waals surface area contributed by atoms with E-state index in [-0.39, 0.29) is 0 Å². The van der Waals surface area contributed by atoms with E-state index in [1.165, 1.54) is 0 Å². The second kappa shape index (κ2) is 5.71. The molecule has 0 spiro atoms. The summed E-state index contributed by atoms with van der Waals surface area (Å²) in [5.74, 6) is -0.433. The van der Waals surface area contributed by atoms with Gasteiger partial charge in [0.15, 0.2) is 0 Å². The average Bonchev–Trinajstić information content (AvgIpc) is 2.25. The summed E-state index contributed by atoms with van der Waals surface area (Å²) in [6.07, 6.45) is -1.85. The topological polar surface area (TPSA) is 32.3 Å². The van der Waals surface area contributed by atoms with Crippen LogP contribution in [-0.2, 0) is 4.79 Å². The zero-order valence-electron chi connectivity index (χ0n) is 10.2. The molecule has 17 heavy (non-hydrogen) atoms. The molecule has 6 heteroatoms. The molecule has 1 fully saturated rings. The van der Waals surface area contributed by atoms with Crippen LogP contribution in [0.1, 0.15) is 33.1 Å². The zero-order valence-corrected chi connectivity index (χ0v) is 10.2. The van der Waals surface area contributed by atoms with Gasteiger partial charge in [0, 0.05) is 6.04 Å². The summed E-state index contributed by atoms with van der Waals surface area (Å²) in [7, 11) is 0. The lowest BCUT2D eigenvalue weighted by Gasteiger charge is -2.33. The highest BCUT2D eigenvalue weighted by Crippen LogP contribution is 2.20. The van der Waals surface area contributed by atoms with Gasteiger partial charge in [-0.25, -0.2) is 0 Å². The van der Waals surface area contributed by atoms with Gasteiger partial charge in [-0.3, -0.25) is 4.79 Å². The van der Waals surface area contributed by atoms with Crippen LogP contribution in [-0.4, -0.2) is 42.2 Å². The Hall–Kier alpha value is -0.780. The molecule has 100 valence electrons. The highest BCUT2D eigenvalue weighted by molar-refractivity contribution is 5.82. The third kappa shape index (κ3) is 4.53. The average molecular weight is 252 g/mol. The fourth-order valence-corrected chi connectivity index (χ4v) is 1.97. The van der Waals surface area contributed by atoms with Crippen LogP contribution in [0.4, 0.5) is 13.2 Å². The predicted octanol–water partition coefficient (Wildman–Crippen LogP) is 1.93. The fraction of sp³-hybridized carbons (Fsp3) is 0.909. The molecular formula is C11H19F3N2O. The molecule has 1 atom stereocenters. The van der Waals surface area contributed by atoms with Crippen LogP contribution in [0.3, 0.4) is 0 Å². The lowest BCUT2D eigenvalue weighted by Crippen LogP contribution is -2.53. The summed E-state index contributed by atoms with van der Waals surface area (Å²) in [5, 5.41) is 2.98. The Labute approximate surface area is 99.4 Å². The first kappa shape index (κ1) is 14.3. The van der Waals surface area contributed by atoms with Gasteiger partial charge < -0.3 is 10.2 Å². The third-order valence-electron chi connectivity index (χ3n) is 2.86. The first-order valence-electron chi connectivity index (χ1n) is 5.92. The smallest absolute Gasteiger partial charge is 0.330 e. The van der Waals surface area contributed by atoms with Gasteiger partial charge in [0.2, 0.25) is 5.91 Å². The number of amides is 1. The Morgan fingerprint density at radius 3 is 2.47 bits per heavy atom. The maximum Gasteiger partial charge on any atom is 0.406 e. The van der Waals surface area contributed by atoms with E-state index in [0.717, 1.165) is 17.7 Å². The van der Waals surface area contributed by atoms with Crippen molar-refractivity contribution in [1.29, 1.82) is 0 Å². The lowest BCUT2D eigenvalue weighted by atomic mass is 10.0. The highest BCUT2D eigenvalue weighted by Gasteiger charge is 2.36. The summed E-state index contributed by atoms with van der Waals surface area (Å²) in [4.78, 5) is 12.9. The van der Waals surface area contributed by atoms with E-state index in [1.54, 1.807) is 13.8 Å². The summed E-state index contributed by atoms with van der Waals surface area (Å²) >= 11 is 0. The molecule has 0 radical (unpaired) electrons. The molecule has 0 aromatic heterocycles. The lowest BCUT2D eigenvalue weighted by molar-refractivity contribution is -0.166. The Kier molecular flexibility index (Phi) is 4.80. The number of hydrogen-bond acceptors (Lipinski definition) is 2. The van der Waals surface area contributed by atoms with Crippen LogP contribution in [0.25, 0.3) is 0 Å². The van der Waals surface area contributed by atoms with E-state index in [1.807, 2.05) is 0 Å². The predicted molar refractivity (Wildman–Crippen MR) is 58.5 cm³/mol. The van der Waals surface area contributed by atoms with Crippen LogP contribution in [0, 0.1) is 0 Å². The quantitative estimate of drug-likeness (QED) is 0.832. The van der Waals surface area contributed by atoms with Crippen molar-refractivity contribution in [2.45, 2.75) is 51.4 Å². The number of alkyl halides is 3. The molecule has 3 nitrogen and oxygen atoms in total. The first-order valence-corrected chi connectivity index (χ1v) is 5.92. The molecule has 1 aliphatic heterocycles. The number of nitrogens with one attached hydrogen (secondary N) is 1. The highest BCUT2D eigenvalue weighted by atomic mass is 19.4. The monoisotopic (exact) mass is 252 g/mol. The minimum Gasteiger partial charge on any atom is -0.330 e. The number of hydrogen-bond donors (Lipinski definition) is 1. The maximum absolute atomic E-state index is 12.4. The Balaban J connectivity index is 2.66. The molecule has 0 aromatic carbocycles. The van der Waals surface area contributed by atoms with Gasteiger partial charge in [-0.1, -0.05) is 6.42 Å². The van der Waals surface area contributed by atoms with Gasteiger partial charge in [0.25, 0.3) is 0 Å².